The van der Waals surface area contributed by atoms with Crippen molar-refractivity contribution in [1.29, 1.82) is 0 Å². The number of benzene rings is 3. The Morgan fingerprint density at radius 1 is 0.971 bits per heavy atom. The van der Waals surface area contributed by atoms with Gasteiger partial charge >= 0.3 is 0 Å². The minimum Gasteiger partial charge on any atom is -0.494 e. The highest BCUT2D eigenvalue weighted by molar-refractivity contribution is 7.92. The summed E-state index contributed by atoms with van der Waals surface area (Å²) in [7, 11) is -3.82. The Balaban J connectivity index is 1.58. The Labute approximate surface area is 196 Å². The van der Waals surface area contributed by atoms with Gasteiger partial charge in [0.05, 0.1) is 22.1 Å². The molecular weight excluding hydrogens is 462 g/mol. The van der Waals surface area contributed by atoms with Gasteiger partial charge in [-0.05, 0) is 67.9 Å². The molecule has 0 bridgehead atoms. The molecule has 0 saturated carbocycles. The van der Waals surface area contributed by atoms with Gasteiger partial charge in [-0.25, -0.2) is 8.42 Å². The molecule has 34 heavy (non-hydrogen) atoms. The van der Waals surface area contributed by atoms with Crippen LogP contribution in [-0.2, 0) is 14.8 Å². The first-order chi connectivity index (χ1) is 16.2. The number of nitro groups is 1. The molecule has 0 aliphatic heterocycles. The predicted molar refractivity (Wildman–Crippen MR) is 127 cm³/mol. The van der Waals surface area contributed by atoms with Crippen LogP contribution in [0.2, 0.25) is 0 Å². The van der Waals surface area contributed by atoms with E-state index in [9.17, 15) is 23.3 Å². The summed E-state index contributed by atoms with van der Waals surface area (Å²) in [4.78, 5) is 22.6. The van der Waals surface area contributed by atoms with Crippen molar-refractivity contribution in [3.63, 3.8) is 0 Å². The van der Waals surface area contributed by atoms with Crippen LogP contribution in [0.25, 0.3) is 0 Å². The van der Waals surface area contributed by atoms with Gasteiger partial charge in [0.25, 0.3) is 21.6 Å². The van der Waals surface area contributed by atoms with Crippen molar-refractivity contribution in [3.05, 3.63) is 82.4 Å². The molecule has 0 aliphatic carbocycles. The Hall–Kier alpha value is -4.12. The number of rotatable bonds is 10. The van der Waals surface area contributed by atoms with E-state index in [2.05, 4.69) is 10.0 Å². The third kappa shape index (κ3) is 6.45. The molecule has 3 aromatic carbocycles. The number of carbonyl (C=O) groups is 1. The highest BCUT2D eigenvalue weighted by Gasteiger charge is 2.15. The van der Waals surface area contributed by atoms with Crippen LogP contribution in [0, 0.1) is 17.0 Å². The van der Waals surface area contributed by atoms with Crippen LogP contribution in [-0.4, -0.2) is 32.5 Å². The van der Waals surface area contributed by atoms with Gasteiger partial charge in [0.15, 0.2) is 6.61 Å². The lowest BCUT2D eigenvalue weighted by atomic mass is 10.2. The summed E-state index contributed by atoms with van der Waals surface area (Å²) >= 11 is 0. The van der Waals surface area contributed by atoms with Crippen molar-refractivity contribution < 1.29 is 27.6 Å². The first kappa shape index (κ1) is 24.5. The Morgan fingerprint density at radius 2 is 1.59 bits per heavy atom. The summed E-state index contributed by atoms with van der Waals surface area (Å²) < 4.78 is 38.4. The molecule has 0 radical (unpaired) electrons. The number of nitrogens with one attached hydrogen (secondary N) is 2. The largest absolute Gasteiger partial charge is 0.494 e. The van der Waals surface area contributed by atoms with Crippen LogP contribution in [0.15, 0.2) is 71.6 Å². The second-order valence-electron chi connectivity index (χ2n) is 7.13. The zero-order valence-corrected chi connectivity index (χ0v) is 19.3. The summed E-state index contributed by atoms with van der Waals surface area (Å²) in [5.41, 5.74) is 1.22. The zero-order valence-electron chi connectivity index (χ0n) is 18.5. The van der Waals surface area contributed by atoms with Crippen molar-refractivity contribution >= 4 is 33.0 Å². The standard InChI is InChI=1S/C23H23N3O7S/c1-3-32-19-8-5-17(6-9-19)25-34(30,31)21-12-10-20(11-13-21)33-15-23(27)24-22-14-18(26(28)29)7-4-16(22)2/h4-14,25H,3,15H2,1-2H3,(H,24,27). The lowest BCUT2D eigenvalue weighted by Crippen LogP contribution is -2.20. The molecule has 0 aliphatic rings. The van der Waals surface area contributed by atoms with Gasteiger partial charge in [0.2, 0.25) is 0 Å². The summed E-state index contributed by atoms with van der Waals surface area (Å²) in [6, 6.07) is 16.3. The quantitative estimate of drug-likeness (QED) is 0.325. The maximum atomic E-state index is 12.6. The van der Waals surface area contributed by atoms with Gasteiger partial charge < -0.3 is 14.8 Å². The number of carbonyl (C=O) groups excluding carboxylic acids is 1. The number of nitro benzene ring substituents is 1. The topological polar surface area (TPSA) is 137 Å². The highest BCUT2D eigenvalue weighted by atomic mass is 32.2. The maximum Gasteiger partial charge on any atom is 0.271 e. The molecule has 0 atom stereocenters. The molecule has 2 N–H and O–H groups in total. The number of non-ortho nitro benzene ring substituents is 1. The van der Waals surface area contributed by atoms with Gasteiger partial charge in [0.1, 0.15) is 11.5 Å². The minimum atomic E-state index is -3.82. The van der Waals surface area contributed by atoms with E-state index < -0.39 is 20.9 Å². The van der Waals surface area contributed by atoms with Crippen LogP contribution >= 0.6 is 0 Å². The summed E-state index contributed by atoms with van der Waals surface area (Å²) in [6.45, 7) is 3.71. The molecule has 0 unspecified atom stereocenters. The summed E-state index contributed by atoms with van der Waals surface area (Å²) in [6.07, 6.45) is 0. The SMILES string of the molecule is CCOc1ccc(NS(=O)(=O)c2ccc(OCC(=O)Nc3cc([N+](=O)[O-])ccc3C)cc2)cc1. The fourth-order valence-electron chi connectivity index (χ4n) is 2.91. The van der Waals surface area contributed by atoms with Crippen LogP contribution in [0.3, 0.4) is 0 Å². The molecule has 0 heterocycles. The second kappa shape index (κ2) is 10.7. The smallest absolute Gasteiger partial charge is 0.271 e. The van der Waals surface area contributed by atoms with E-state index in [1.165, 1.54) is 42.5 Å². The normalized spacial score (nSPS) is 10.9. The lowest BCUT2D eigenvalue weighted by Gasteiger charge is -2.11. The Morgan fingerprint density at radius 3 is 2.21 bits per heavy atom. The fourth-order valence-corrected chi connectivity index (χ4v) is 3.97. The first-order valence-electron chi connectivity index (χ1n) is 10.2. The molecule has 178 valence electrons. The van der Waals surface area contributed by atoms with Gasteiger partial charge in [0, 0.05) is 17.8 Å². The number of sulfonamides is 1. The molecule has 0 saturated heterocycles. The number of nitrogens with zero attached hydrogens (tertiary/aromatic N) is 1. The van der Waals surface area contributed by atoms with Gasteiger partial charge in [-0.3, -0.25) is 19.6 Å². The van der Waals surface area contributed by atoms with Crippen LogP contribution in [0.5, 0.6) is 11.5 Å². The highest BCUT2D eigenvalue weighted by Crippen LogP contribution is 2.23. The Kier molecular flexibility index (Phi) is 7.69. The van der Waals surface area contributed by atoms with Gasteiger partial charge in [-0.2, -0.15) is 0 Å². The van der Waals surface area contributed by atoms with Crippen molar-refractivity contribution in [2.75, 3.05) is 23.3 Å². The van der Waals surface area contributed by atoms with Crippen molar-refractivity contribution in [2.45, 2.75) is 18.7 Å². The molecule has 0 fully saturated rings. The summed E-state index contributed by atoms with van der Waals surface area (Å²) in [5.74, 6) is 0.403. The van der Waals surface area contributed by atoms with E-state index >= 15 is 0 Å². The average Bonchev–Trinajstić information content (AvgIpc) is 2.80. The predicted octanol–water partition coefficient (Wildman–Crippen LogP) is 4.12. The van der Waals surface area contributed by atoms with E-state index in [0.717, 1.165) is 0 Å². The third-order valence-electron chi connectivity index (χ3n) is 4.63. The number of hydrogen-bond acceptors (Lipinski definition) is 7. The van der Waals surface area contributed by atoms with E-state index in [4.69, 9.17) is 9.47 Å². The molecule has 0 spiro atoms. The molecule has 11 heteroatoms. The van der Waals surface area contributed by atoms with Crippen LogP contribution < -0.4 is 19.5 Å². The molecule has 10 nitrogen and oxygen atoms in total. The van der Waals surface area contributed by atoms with E-state index in [1.54, 1.807) is 31.2 Å². The maximum absolute atomic E-state index is 12.6. The monoisotopic (exact) mass is 485 g/mol. The number of aryl methyl sites for hydroxylation is 1. The Bertz CT molecular complexity index is 1270. The zero-order chi connectivity index (χ0) is 24.7. The summed E-state index contributed by atoms with van der Waals surface area (Å²) in [5, 5.41) is 13.5. The number of anilines is 2. The molecule has 3 rings (SSSR count). The minimum absolute atomic E-state index is 0.0189. The number of ether oxygens (including phenoxy) is 2. The molecule has 3 aromatic rings. The van der Waals surface area contributed by atoms with Crippen LogP contribution in [0.1, 0.15) is 12.5 Å². The molecular formula is C23H23N3O7S. The first-order valence-corrected chi connectivity index (χ1v) is 11.7. The molecule has 1 amide bonds. The molecule has 0 aromatic heterocycles. The lowest BCUT2D eigenvalue weighted by molar-refractivity contribution is -0.384. The van der Waals surface area contributed by atoms with Crippen molar-refractivity contribution in [3.8, 4) is 11.5 Å². The third-order valence-corrected chi connectivity index (χ3v) is 6.02. The van der Waals surface area contributed by atoms with Crippen molar-refractivity contribution in [2.24, 2.45) is 0 Å². The van der Waals surface area contributed by atoms with Gasteiger partial charge in [-0.1, -0.05) is 6.07 Å². The second-order valence-corrected chi connectivity index (χ2v) is 8.81. The van der Waals surface area contributed by atoms with E-state index in [1.807, 2.05) is 6.92 Å². The fraction of sp³-hybridized carbons (Fsp3) is 0.174. The number of amides is 1. The average molecular weight is 486 g/mol. The van der Waals surface area contributed by atoms with E-state index in [0.29, 0.717) is 29.3 Å². The van der Waals surface area contributed by atoms with Gasteiger partial charge in [-0.15, -0.1) is 0 Å². The van der Waals surface area contributed by atoms with Crippen LogP contribution in [0.4, 0.5) is 17.1 Å². The number of hydrogen-bond donors (Lipinski definition) is 2. The van der Waals surface area contributed by atoms with E-state index in [-0.39, 0.29) is 22.9 Å². The van der Waals surface area contributed by atoms with Crippen molar-refractivity contribution in [1.82, 2.24) is 0 Å².